The molecule has 2 atom stereocenters. The van der Waals surface area contributed by atoms with E-state index in [1.807, 2.05) is 0 Å². The summed E-state index contributed by atoms with van der Waals surface area (Å²) in [5.41, 5.74) is 0. The molecule has 116 valence electrons. The molecule has 9 heteroatoms. The van der Waals surface area contributed by atoms with E-state index in [2.05, 4.69) is 4.74 Å². The van der Waals surface area contributed by atoms with Crippen LogP contribution in [0.3, 0.4) is 0 Å². The van der Waals surface area contributed by atoms with E-state index in [4.69, 9.17) is 23.2 Å². The Labute approximate surface area is 132 Å². The third-order valence-electron chi connectivity index (χ3n) is 3.19. The monoisotopic (exact) mass is 353 g/mol. The van der Waals surface area contributed by atoms with Gasteiger partial charge in [0.1, 0.15) is 10.9 Å². The fourth-order valence-electron chi connectivity index (χ4n) is 2.25. The number of nitrogens with zero attached hydrogens (tertiary/aromatic N) is 1. The van der Waals surface area contributed by atoms with Gasteiger partial charge >= 0.3 is 5.97 Å². The normalized spacial score (nSPS) is 23.2. The van der Waals surface area contributed by atoms with E-state index in [0.29, 0.717) is 0 Å². The van der Waals surface area contributed by atoms with Gasteiger partial charge in [0.2, 0.25) is 10.0 Å². The minimum Gasteiger partial charge on any atom is -0.468 e. The van der Waals surface area contributed by atoms with Crippen molar-refractivity contribution < 1.29 is 23.1 Å². The molecule has 1 fully saturated rings. The molecule has 1 aliphatic rings. The van der Waals surface area contributed by atoms with E-state index >= 15 is 0 Å². The first-order valence-electron chi connectivity index (χ1n) is 6.00. The quantitative estimate of drug-likeness (QED) is 0.827. The molecule has 1 aromatic carbocycles. The number of halogens is 2. The highest BCUT2D eigenvalue weighted by Gasteiger charge is 2.45. The number of esters is 1. The molecule has 0 radical (unpaired) electrons. The van der Waals surface area contributed by atoms with Crippen molar-refractivity contribution >= 4 is 39.2 Å². The van der Waals surface area contributed by atoms with Crippen molar-refractivity contribution in [3.8, 4) is 0 Å². The number of hydrogen-bond donors (Lipinski definition) is 1. The number of β-amino-alcohol motifs (C(OH)–C–C–N with tert-alkyl or cyclic N) is 1. The van der Waals surface area contributed by atoms with Crippen LogP contribution in [0.5, 0.6) is 0 Å². The fourth-order valence-corrected chi connectivity index (χ4v) is 4.97. The van der Waals surface area contributed by atoms with Gasteiger partial charge in [0, 0.05) is 13.0 Å². The van der Waals surface area contributed by atoms with Gasteiger partial charge in [0.15, 0.2) is 0 Å². The molecule has 21 heavy (non-hydrogen) atoms. The van der Waals surface area contributed by atoms with E-state index in [1.165, 1.54) is 18.2 Å². The van der Waals surface area contributed by atoms with Crippen LogP contribution in [-0.2, 0) is 19.6 Å². The first-order valence-corrected chi connectivity index (χ1v) is 8.20. The number of sulfonamides is 1. The van der Waals surface area contributed by atoms with Crippen molar-refractivity contribution in [2.75, 3.05) is 13.7 Å². The van der Waals surface area contributed by atoms with Gasteiger partial charge in [-0.05, 0) is 12.1 Å². The summed E-state index contributed by atoms with van der Waals surface area (Å²) in [6, 6.07) is 3.20. The van der Waals surface area contributed by atoms with E-state index < -0.39 is 28.1 Å². The van der Waals surface area contributed by atoms with Crippen LogP contribution >= 0.6 is 23.2 Å². The number of aliphatic hydroxyl groups is 1. The molecule has 1 heterocycles. The molecule has 0 spiro atoms. The van der Waals surface area contributed by atoms with Crippen molar-refractivity contribution in [2.45, 2.75) is 23.5 Å². The van der Waals surface area contributed by atoms with Crippen molar-refractivity contribution in [2.24, 2.45) is 0 Å². The van der Waals surface area contributed by atoms with Gasteiger partial charge in [-0.2, -0.15) is 4.31 Å². The summed E-state index contributed by atoms with van der Waals surface area (Å²) in [6.45, 7) is -0.219. The van der Waals surface area contributed by atoms with E-state index in [1.54, 1.807) is 0 Å². The minimum absolute atomic E-state index is 0.0338. The Kier molecular flexibility index (Phi) is 4.79. The Balaban J connectivity index is 2.50. The zero-order valence-electron chi connectivity index (χ0n) is 11.0. The Hall–Kier alpha value is -0.860. The number of methoxy groups -OCH3 is 1. The molecule has 0 bridgehead atoms. The molecule has 0 saturated carbocycles. The second kappa shape index (κ2) is 6.10. The lowest BCUT2D eigenvalue weighted by molar-refractivity contribution is -0.144. The topological polar surface area (TPSA) is 83.9 Å². The van der Waals surface area contributed by atoms with Crippen LogP contribution in [0.1, 0.15) is 6.42 Å². The predicted octanol–water partition coefficient (Wildman–Crippen LogP) is 1.29. The fraction of sp³-hybridized carbons (Fsp3) is 0.417. The minimum atomic E-state index is -4.13. The van der Waals surface area contributed by atoms with Crippen LogP contribution in [0.4, 0.5) is 0 Å². The van der Waals surface area contributed by atoms with Gasteiger partial charge in [-0.3, -0.25) is 4.79 Å². The van der Waals surface area contributed by atoms with Crippen LogP contribution in [0, 0.1) is 0 Å². The first-order chi connectivity index (χ1) is 9.78. The smallest absolute Gasteiger partial charge is 0.324 e. The second-order valence-electron chi connectivity index (χ2n) is 4.55. The highest BCUT2D eigenvalue weighted by molar-refractivity contribution is 7.89. The van der Waals surface area contributed by atoms with E-state index in [-0.39, 0.29) is 27.9 Å². The molecule has 0 amide bonds. The molecule has 6 nitrogen and oxygen atoms in total. The van der Waals surface area contributed by atoms with Gasteiger partial charge in [0.25, 0.3) is 0 Å². The summed E-state index contributed by atoms with van der Waals surface area (Å²) in [4.78, 5) is 11.4. The number of rotatable bonds is 3. The van der Waals surface area contributed by atoms with Gasteiger partial charge < -0.3 is 9.84 Å². The van der Waals surface area contributed by atoms with Crippen molar-refractivity contribution in [3.05, 3.63) is 28.2 Å². The second-order valence-corrected chi connectivity index (χ2v) is 7.20. The van der Waals surface area contributed by atoms with Crippen LogP contribution < -0.4 is 0 Å². The summed E-state index contributed by atoms with van der Waals surface area (Å²) in [6.07, 6.45) is -0.987. The van der Waals surface area contributed by atoms with Crippen LogP contribution in [-0.4, -0.2) is 49.6 Å². The van der Waals surface area contributed by atoms with Crippen LogP contribution in [0.15, 0.2) is 23.1 Å². The predicted molar refractivity (Wildman–Crippen MR) is 76.8 cm³/mol. The van der Waals surface area contributed by atoms with Crippen molar-refractivity contribution in [1.82, 2.24) is 4.31 Å². The Morgan fingerprint density at radius 1 is 1.38 bits per heavy atom. The van der Waals surface area contributed by atoms with Crippen LogP contribution in [0.25, 0.3) is 0 Å². The molecule has 1 N–H and O–H groups in total. The molecule has 1 aromatic rings. The third kappa shape index (κ3) is 3.02. The lowest BCUT2D eigenvalue weighted by atomic mass is 10.2. The summed E-state index contributed by atoms with van der Waals surface area (Å²) < 4.78 is 30.8. The van der Waals surface area contributed by atoms with E-state index in [9.17, 15) is 18.3 Å². The molecule has 1 saturated heterocycles. The molecule has 2 unspecified atom stereocenters. The zero-order valence-corrected chi connectivity index (χ0v) is 13.3. The van der Waals surface area contributed by atoms with Gasteiger partial charge in [-0.1, -0.05) is 29.3 Å². The van der Waals surface area contributed by atoms with Crippen LogP contribution in [0.2, 0.25) is 10.0 Å². The van der Waals surface area contributed by atoms with Gasteiger partial charge in [0.05, 0.1) is 23.3 Å². The standard InChI is InChI=1S/C12H13Cl2NO5S/c1-20-12(17)10-5-7(16)6-15(10)21(18,19)11-8(13)3-2-4-9(11)14/h2-4,7,10,16H,5-6H2,1H3. The first kappa shape index (κ1) is 16.5. The summed E-state index contributed by atoms with van der Waals surface area (Å²) >= 11 is 11.8. The average Bonchev–Trinajstić information content (AvgIpc) is 2.80. The molecule has 1 aliphatic heterocycles. The average molecular weight is 354 g/mol. The lowest BCUT2D eigenvalue weighted by Crippen LogP contribution is -2.41. The number of carbonyl (C=O) groups is 1. The lowest BCUT2D eigenvalue weighted by Gasteiger charge is -2.22. The van der Waals surface area contributed by atoms with Crippen molar-refractivity contribution in [3.63, 3.8) is 0 Å². The van der Waals surface area contributed by atoms with Gasteiger partial charge in [-0.15, -0.1) is 0 Å². The van der Waals surface area contributed by atoms with E-state index in [0.717, 1.165) is 11.4 Å². The highest BCUT2D eigenvalue weighted by Crippen LogP contribution is 2.35. The SMILES string of the molecule is COC(=O)C1CC(O)CN1S(=O)(=O)c1c(Cl)cccc1Cl. The molecule has 0 aliphatic carbocycles. The zero-order chi connectivity index (χ0) is 15.8. The number of benzene rings is 1. The number of carbonyl (C=O) groups excluding carboxylic acids is 1. The van der Waals surface area contributed by atoms with Gasteiger partial charge in [-0.25, -0.2) is 8.42 Å². The van der Waals surface area contributed by atoms with Crippen molar-refractivity contribution in [1.29, 1.82) is 0 Å². The summed E-state index contributed by atoms with van der Waals surface area (Å²) in [5, 5.41) is 9.59. The molecular weight excluding hydrogens is 341 g/mol. The Morgan fingerprint density at radius 2 is 1.95 bits per heavy atom. The maximum atomic E-state index is 12.7. The maximum absolute atomic E-state index is 12.7. The Bertz CT molecular complexity index is 643. The summed E-state index contributed by atoms with van der Waals surface area (Å²) in [5.74, 6) is -0.738. The number of ether oxygens (including phenoxy) is 1. The number of hydrogen-bond acceptors (Lipinski definition) is 5. The maximum Gasteiger partial charge on any atom is 0.324 e. The number of aliphatic hydroxyl groups excluding tert-OH is 1. The highest BCUT2D eigenvalue weighted by atomic mass is 35.5. The largest absolute Gasteiger partial charge is 0.468 e. The third-order valence-corrected chi connectivity index (χ3v) is 6.02. The molecule has 0 aromatic heterocycles. The molecular formula is C12H13Cl2NO5S. The Morgan fingerprint density at radius 3 is 2.48 bits per heavy atom. The summed E-state index contributed by atoms with van der Waals surface area (Å²) in [7, 11) is -2.98. The molecule has 2 rings (SSSR count).